The minimum Gasteiger partial charge on any atom is -0.481 e. The van der Waals surface area contributed by atoms with Crippen molar-refractivity contribution in [3.05, 3.63) is 0 Å². The molecule has 0 aromatic heterocycles. The molecule has 0 spiro atoms. The van der Waals surface area contributed by atoms with Crippen LogP contribution in [0.4, 0.5) is 0 Å². The molecule has 0 aromatic carbocycles. The second-order valence-electron chi connectivity index (χ2n) is 6.05. The normalized spacial score (nSPS) is 14.5. The highest BCUT2D eigenvalue weighted by molar-refractivity contribution is 5.79. The van der Waals surface area contributed by atoms with Gasteiger partial charge in [-0.3, -0.25) is 9.59 Å². The average molecular weight is 271 g/mol. The number of carbonyl (C=O) groups is 2. The van der Waals surface area contributed by atoms with Crippen LogP contribution in [0.25, 0.3) is 0 Å². The zero-order valence-electron chi connectivity index (χ0n) is 12.9. The van der Waals surface area contributed by atoms with E-state index in [-0.39, 0.29) is 24.3 Å². The van der Waals surface area contributed by atoms with Gasteiger partial charge in [-0.15, -0.1) is 0 Å². The lowest BCUT2D eigenvalue weighted by Crippen LogP contribution is -2.38. The number of amides is 1. The molecule has 0 fully saturated rings. The number of carboxylic acid groups (broad SMARTS) is 1. The number of hydrogen-bond acceptors (Lipinski definition) is 2. The molecule has 0 saturated carbocycles. The van der Waals surface area contributed by atoms with Gasteiger partial charge in [0.05, 0.1) is 5.92 Å². The fraction of sp³-hybridized carbons (Fsp3) is 0.867. The van der Waals surface area contributed by atoms with Crippen molar-refractivity contribution in [2.45, 2.75) is 53.9 Å². The van der Waals surface area contributed by atoms with E-state index in [1.807, 2.05) is 27.7 Å². The molecule has 0 aliphatic rings. The molecule has 19 heavy (non-hydrogen) atoms. The van der Waals surface area contributed by atoms with Gasteiger partial charge in [-0.05, 0) is 24.7 Å². The highest BCUT2D eigenvalue weighted by Gasteiger charge is 2.24. The van der Waals surface area contributed by atoms with Gasteiger partial charge in [0, 0.05) is 12.5 Å². The number of aliphatic carboxylic acids is 1. The summed E-state index contributed by atoms with van der Waals surface area (Å²) < 4.78 is 0. The predicted octanol–water partition coefficient (Wildman–Crippen LogP) is 2.92. The molecule has 4 nitrogen and oxygen atoms in total. The maximum atomic E-state index is 12.1. The fourth-order valence-corrected chi connectivity index (χ4v) is 2.27. The van der Waals surface area contributed by atoms with Crippen LogP contribution in [0.1, 0.15) is 53.9 Å². The van der Waals surface area contributed by atoms with E-state index in [2.05, 4.69) is 12.2 Å². The summed E-state index contributed by atoms with van der Waals surface area (Å²) in [5.74, 6) is -0.739. The molecule has 1 amide bonds. The summed E-state index contributed by atoms with van der Waals surface area (Å²) in [7, 11) is 0. The molecule has 0 heterocycles. The van der Waals surface area contributed by atoms with Gasteiger partial charge in [0.15, 0.2) is 0 Å². The molecule has 0 saturated heterocycles. The Labute approximate surface area is 117 Å². The van der Waals surface area contributed by atoms with Crippen LogP contribution >= 0.6 is 0 Å². The fourth-order valence-electron chi connectivity index (χ4n) is 2.27. The van der Waals surface area contributed by atoms with Crippen molar-refractivity contribution in [2.75, 3.05) is 6.54 Å². The van der Waals surface area contributed by atoms with Crippen LogP contribution in [-0.2, 0) is 9.59 Å². The summed E-state index contributed by atoms with van der Waals surface area (Å²) >= 11 is 0. The number of carboxylic acids is 1. The quantitative estimate of drug-likeness (QED) is 0.677. The molecule has 0 aliphatic heterocycles. The van der Waals surface area contributed by atoms with Crippen LogP contribution in [0.2, 0.25) is 0 Å². The maximum absolute atomic E-state index is 12.1. The van der Waals surface area contributed by atoms with E-state index in [9.17, 15) is 9.59 Å². The molecule has 0 aromatic rings. The van der Waals surface area contributed by atoms with Gasteiger partial charge < -0.3 is 10.4 Å². The van der Waals surface area contributed by atoms with Crippen LogP contribution in [0.5, 0.6) is 0 Å². The monoisotopic (exact) mass is 271 g/mol. The van der Waals surface area contributed by atoms with Gasteiger partial charge in [0.1, 0.15) is 0 Å². The van der Waals surface area contributed by atoms with Gasteiger partial charge >= 0.3 is 5.97 Å². The van der Waals surface area contributed by atoms with E-state index >= 15 is 0 Å². The number of nitrogens with one attached hydrogen (secondary N) is 1. The Morgan fingerprint density at radius 3 is 2.11 bits per heavy atom. The third kappa shape index (κ3) is 7.19. The summed E-state index contributed by atoms with van der Waals surface area (Å²) in [5.41, 5.74) is 0. The van der Waals surface area contributed by atoms with Crippen molar-refractivity contribution < 1.29 is 14.7 Å². The van der Waals surface area contributed by atoms with Crippen molar-refractivity contribution in [3.8, 4) is 0 Å². The molecule has 0 aliphatic carbocycles. The largest absolute Gasteiger partial charge is 0.481 e. The third-order valence-electron chi connectivity index (χ3n) is 3.37. The van der Waals surface area contributed by atoms with Gasteiger partial charge in [0.25, 0.3) is 0 Å². The minimum absolute atomic E-state index is 0.00754. The summed E-state index contributed by atoms with van der Waals surface area (Å²) in [6, 6.07) is 0. The SMILES string of the molecule is CCCC(C(=O)NCC(CC(C)C)C(=O)O)C(C)C. The Morgan fingerprint density at radius 2 is 1.74 bits per heavy atom. The van der Waals surface area contributed by atoms with E-state index in [0.29, 0.717) is 12.3 Å². The second-order valence-corrected chi connectivity index (χ2v) is 6.05. The second kappa shape index (κ2) is 8.94. The van der Waals surface area contributed by atoms with E-state index in [1.54, 1.807) is 0 Å². The standard InChI is InChI=1S/C15H29NO3/c1-6-7-13(11(4)5)14(17)16-9-12(15(18)19)8-10(2)3/h10-13H,6-9H2,1-5H3,(H,16,17)(H,18,19). The first-order valence-corrected chi connectivity index (χ1v) is 7.30. The van der Waals surface area contributed by atoms with Crippen molar-refractivity contribution >= 4 is 11.9 Å². The lowest BCUT2D eigenvalue weighted by Gasteiger charge is -2.21. The van der Waals surface area contributed by atoms with Crippen molar-refractivity contribution in [1.29, 1.82) is 0 Å². The number of rotatable bonds is 9. The highest BCUT2D eigenvalue weighted by Crippen LogP contribution is 2.18. The van der Waals surface area contributed by atoms with Gasteiger partial charge in [-0.1, -0.05) is 41.0 Å². The molecule has 0 rings (SSSR count). The van der Waals surface area contributed by atoms with Gasteiger partial charge in [0.2, 0.25) is 5.91 Å². The first-order chi connectivity index (χ1) is 8.79. The average Bonchev–Trinajstić information content (AvgIpc) is 2.29. The van der Waals surface area contributed by atoms with Crippen LogP contribution in [-0.4, -0.2) is 23.5 Å². The number of carbonyl (C=O) groups excluding carboxylic acids is 1. The first kappa shape index (κ1) is 17.9. The molecule has 2 N–H and O–H groups in total. The van der Waals surface area contributed by atoms with E-state index in [4.69, 9.17) is 5.11 Å². The lowest BCUT2D eigenvalue weighted by molar-refractivity contribution is -0.142. The van der Waals surface area contributed by atoms with Crippen LogP contribution in [0.15, 0.2) is 0 Å². The molecule has 0 bridgehead atoms. The smallest absolute Gasteiger partial charge is 0.308 e. The van der Waals surface area contributed by atoms with Crippen LogP contribution < -0.4 is 5.32 Å². The zero-order chi connectivity index (χ0) is 15.0. The highest BCUT2D eigenvalue weighted by atomic mass is 16.4. The Hall–Kier alpha value is -1.06. The summed E-state index contributed by atoms with van der Waals surface area (Å²) in [4.78, 5) is 23.2. The number of hydrogen-bond donors (Lipinski definition) is 2. The zero-order valence-corrected chi connectivity index (χ0v) is 12.9. The summed E-state index contributed by atoms with van der Waals surface area (Å²) in [5, 5.41) is 12.0. The molecule has 112 valence electrons. The molecular weight excluding hydrogens is 242 g/mol. The van der Waals surface area contributed by atoms with Crippen LogP contribution in [0.3, 0.4) is 0 Å². The minimum atomic E-state index is -0.828. The Kier molecular flexibility index (Phi) is 8.44. The Bertz CT molecular complexity index is 287. The molecule has 0 radical (unpaired) electrons. The molecule has 2 unspecified atom stereocenters. The molecule has 2 atom stereocenters. The third-order valence-corrected chi connectivity index (χ3v) is 3.37. The van der Waals surface area contributed by atoms with E-state index in [1.165, 1.54) is 0 Å². The van der Waals surface area contributed by atoms with Gasteiger partial charge in [-0.2, -0.15) is 0 Å². The Balaban J connectivity index is 4.41. The Morgan fingerprint density at radius 1 is 1.16 bits per heavy atom. The maximum Gasteiger partial charge on any atom is 0.308 e. The topological polar surface area (TPSA) is 66.4 Å². The van der Waals surface area contributed by atoms with Crippen molar-refractivity contribution in [2.24, 2.45) is 23.7 Å². The van der Waals surface area contributed by atoms with Crippen LogP contribution in [0, 0.1) is 23.7 Å². The van der Waals surface area contributed by atoms with E-state index < -0.39 is 11.9 Å². The van der Waals surface area contributed by atoms with Crippen molar-refractivity contribution in [3.63, 3.8) is 0 Å². The van der Waals surface area contributed by atoms with E-state index in [0.717, 1.165) is 12.8 Å². The lowest BCUT2D eigenvalue weighted by atomic mass is 9.90. The predicted molar refractivity (Wildman–Crippen MR) is 76.8 cm³/mol. The summed E-state index contributed by atoms with van der Waals surface area (Å²) in [6.45, 7) is 10.3. The first-order valence-electron chi connectivity index (χ1n) is 7.30. The summed E-state index contributed by atoms with van der Waals surface area (Å²) in [6.07, 6.45) is 2.41. The molecule has 4 heteroatoms. The van der Waals surface area contributed by atoms with Crippen molar-refractivity contribution in [1.82, 2.24) is 5.32 Å². The van der Waals surface area contributed by atoms with Gasteiger partial charge in [-0.25, -0.2) is 0 Å². The molecular formula is C15H29NO3.